The van der Waals surface area contributed by atoms with Crippen LogP contribution >= 0.6 is 11.8 Å². The Morgan fingerprint density at radius 3 is 2.63 bits per heavy atom. The fourth-order valence-electron chi connectivity index (χ4n) is 1.20. The van der Waals surface area contributed by atoms with E-state index in [0.717, 1.165) is 0 Å². The maximum Gasteiger partial charge on any atom is 0.398 e. The van der Waals surface area contributed by atoms with Gasteiger partial charge in [0, 0.05) is 12.0 Å². The van der Waals surface area contributed by atoms with Gasteiger partial charge < -0.3 is 10.1 Å². The predicted molar refractivity (Wildman–Crippen MR) is 68.3 cm³/mol. The number of nitrogens with one attached hydrogen (secondary N) is 1. The summed E-state index contributed by atoms with van der Waals surface area (Å²) in [6, 6.07) is 6.35. The zero-order valence-corrected chi connectivity index (χ0v) is 11.3. The number of carbonyl (C=O) groups is 1. The quantitative estimate of drug-likeness (QED) is 0.846. The number of amides is 1. The summed E-state index contributed by atoms with van der Waals surface area (Å²) in [4.78, 5) is 12.0. The van der Waals surface area contributed by atoms with Crippen molar-refractivity contribution in [3.05, 3.63) is 24.3 Å². The number of thioether (sulfide) groups is 1. The van der Waals surface area contributed by atoms with Crippen molar-refractivity contribution in [2.45, 2.75) is 24.1 Å². The summed E-state index contributed by atoms with van der Waals surface area (Å²) in [6.07, 6.45) is -4.91. The van der Waals surface area contributed by atoms with E-state index in [2.05, 4.69) is 5.32 Å². The van der Waals surface area contributed by atoms with Crippen molar-refractivity contribution in [2.75, 3.05) is 18.2 Å². The van der Waals surface area contributed by atoms with E-state index in [9.17, 15) is 18.0 Å². The van der Waals surface area contributed by atoms with E-state index < -0.39 is 23.9 Å². The minimum Gasteiger partial charge on any atom is -0.372 e. The smallest absolute Gasteiger partial charge is 0.372 e. The summed E-state index contributed by atoms with van der Waals surface area (Å²) in [5.74, 6) is -1.40. The summed E-state index contributed by atoms with van der Waals surface area (Å²) in [7, 11) is 1.38. The number of anilines is 1. The second-order valence-electron chi connectivity index (χ2n) is 3.77. The highest BCUT2D eigenvalue weighted by molar-refractivity contribution is 7.99. The van der Waals surface area contributed by atoms with E-state index in [1.165, 1.54) is 13.2 Å². The Hall–Kier alpha value is -1.21. The van der Waals surface area contributed by atoms with E-state index >= 15 is 0 Å². The molecule has 7 heteroatoms. The van der Waals surface area contributed by atoms with E-state index in [4.69, 9.17) is 4.74 Å². The van der Waals surface area contributed by atoms with E-state index in [1.807, 2.05) is 0 Å². The highest BCUT2D eigenvalue weighted by Gasteiger charge is 2.27. The van der Waals surface area contributed by atoms with Crippen LogP contribution in [0.3, 0.4) is 0 Å². The van der Waals surface area contributed by atoms with Gasteiger partial charge in [-0.2, -0.15) is 13.2 Å². The summed E-state index contributed by atoms with van der Waals surface area (Å²) >= 11 is 0.635. The molecule has 0 aromatic heterocycles. The number of ether oxygens (including phenoxy) is 1. The molecule has 106 valence electrons. The van der Waals surface area contributed by atoms with Crippen molar-refractivity contribution < 1.29 is 22.7 Å². The van der Waals surface area contributed by atoms with Gasteiger partial charge in [0.25, 0.3) is 5.91 Å². The molecule has 0 fully saturated rings. The minimum atomic E-state index is -4.25. The zero-order valence-electron chi connectivity index (χ0n) is 10.5. The van der Waals surface area contributed by atoms with E-state index in [-0.39, 0.29) is 0 Å². The molecule has 0 heterocycles. The number of hydrogen-bond donors (Lipinski definition) is 1. The molecule has 0 aliphatic heterocycles. The lowest BCUT2D eigenvalue weighted by molar-refractivity contribution is -0.124. The van der Waals surface area contributed by atoms with Gasteiger partial charge in [0.15, 0.2) is 0 Å². The molecule has 3 nitrogen and oxygen atoms in total. The number of hydrogen-bond acceptors (Lipinski definition) is 3. The maximum atomic E-state index is 12.2. The lowest BCUT2D eigenvalue weighted by Crippen LogP contribution is -2.26. The second-order valence-corrected chi connectivity index (χ2v) is 4.78. The average Bonchev–Trinajstić information content (AvgIpc) is 2.35. The molecule has 1 N–H and O–H groups in total. The highest BCUT2D eigenvalue weighted by atomic mass is 32.2. The summed E-state index contributed by atoms with van der Waals surface area (Å²) in [5.41, 5.74) is 0.352. The highest BCUT2D eigenvalue weighted by Crippen LogP contribution is 2.32. The van der Waals surface area contributed by atoms with Gasteiger partial charge in [-0.05, 0) is 19.1 Å². The van der Waals surface area contributed by atoms with Crippen LogP contribution in [-0.4, -0.2) is 31.1 Å². The monoisotopic (exact) mass is 293 g/mol. The first-order valence-electron chi connectivity index (χ1n) is 5.45. The molecule has 0 saturated carbocycles. The molecule has 0 aliphatic carbocycles. The lowest BCUT2D eigenvalue weighted by Gasteiger charge is -2.14. The van der Waals surface area contributed by atoms with Crippen LogP contribution in [0.15, 0.2) is 29.2 Å². The zero-order chi connectivity index (χ0) is 14.5. The number of rotatable bonds is 5. The lowest BCUT2D eigenvalue weighted by atomic mass is 10.3. The van der Waals surface area contributed by atoms with Crippen LogP contribution in [0, 0.1) is 0 Å². The van der Waals surface area contributed by atoms with Gasteiger partial charge in [-0.25, -0.2) is 0 Å². The van der Waals surface area contributed by atoms with E-state index in [1.54, 1.807) is 25.1 Å². The fraction of sp³-hybridized carbons (Fsp3) is 0.417. The fourth-order valence-corrected chi connectivity index (χ4v) is 1.97. The van der Waals surface area contributed by atoms with Gasteiger partial charge >= 0.3 is 6.18 Å². The average molecular weight is 293 g/mol. The van der Waals surface area contributed by atoms with Crippen LogP contribution in [0.5, 0.6) is 0 Å². The Bertz CT molecular complexity index is 437. The van der Waals surface area contributed by atoms with Crippen molar-refractivity contribution in [1.82, 2.24) is 0 Å². The third kappa shape index (κ3) is 5.52. The molecule has 0 aliphatic rings. The molecule has 1 rings (SSSR count). The Kier molecular flexibility index (Phi) is 5.68. The van der Waals surface area contributed by atoms with Crippen LogP contribution < -0.4 is 5.32 Å². The van der Waals surface area contributed by atoms with E-state index in [0.29, 0.717) is 22.3 Å². The summed E-state index contributed by atoms with van der Waals surface area (Å²) in [6.45, 7) is 1.56. The van der Waals surface area contributed by atoms with Gasteiger partial charge in [-0.15, -0.1) is 11.8 Å². The molecule has 19 heavy (non-hydrogen) atoms. The van der Waals surface area contributed by atoms with Crippen molar-refractivity contribution in [3.8, 4) is 0 Å². The number of benzene rings is 1. The van der Waals surface area contributed by atoms with Crippen molar-refractivity contribution in [3.63, 3.8) is 0 Å². The molecule has 1 aromatic carbocycles. The van der Waals surface area contributed by atoms with Gasteiger partial charge in [-0.1, -0.05) is 12.1 Å². The predicted octanol–water partition coefficient (Wildman–Crippen LogP) is 3.31. The standard InChI is InChI=1S/C12H14F3NO2S/c1-8(18-2)11(17)16-9-5-3-4-6-10(9)19-7-12(13,14)15/h3-6,8H,7H2,1-2H3,(H,16,17). The number of halogens is 3. The SMILES string of the molecule is COC(C)C(=O)Nc1ccccc1SCC(F)(F)F. The Labute approximate surface area is 113 Å². The molecule has 0 bridgehead atoms. The summed E-state index contributed by atoms with van der Waals surface area (Å²) < 4.78 is 41.4. The Morgan fingerprint density at radius 1 is 1.42 bits per heavy atom. The van der Waals surface area contributed by atoms with Crippen molar-refractivity contribution in [2.24, 2.45) is 0 Å². The number of alkyl halides is 3. The van der Waals surface area contributed by atoms with Gasteiger partial charge in [0.1, 0.15) is 6.10 Å². The van der Waals surface area contributed by atoms with Crippen LogP contribution in [-0.2, 0) is 9.53 Å². The van der Waals surface area contributed by atoms with Gasteiger partial charge in [0.05, 0.1) is 11.4 Å². The molecule has 1 aromatic rings. The largest absolute Gasteiger partial charge is 0.398 e. The molecule has 1 unspecified atom stereocenters. The maximum absolute atomic E-state index is 12.2. The number of carbonyl (C=O) groups excluding carboxylic acids is 1. The number of methoxy groups -OCH3 is 1. The van der Waals surface area contributed by atoms with Crippen LogP contribution in [0.1, 0.15) is 6.92 Å². The second kappa shape index (κ2) is 6.81. The Balaban J connectivity index is 2.76. The molecule has 1 amide bonds. The van der Waals surface area contributed by atoms with Crippen LogP contribution in [0.4, 0.5) is 18.9 Å². The normalized spacial score (nSPS) is 13.1. The molecule has 0 spiro atoms. The molecular formula is C12H14F3NO2S. The van der Waals surface area contributed by atoms with Gasteiger partial charge in [-0.3, -0.25) is 4.79 Å². The molecule has 1 atom stereocenters. The van der Waals surface area contributed by atoms with Crippen LogP contribution in [0.25, 0.3) is 0 Å². The molecular weight excluding hydrogens is 279 g/mol. The van der Waals surface area contributed by atoms with Crippen molar-refractivity contribution in [1.29, 1.82) is 0 Å². The Morgan fingerprint density at radius 2 is 2.05 bits per heavy atom. The summed E-state index contributed by atoms with van der Waals surface area (Å²) in [5, 5.41) is 2.55. The van der Waals surface area contributed by atoms with Gasteiger partial charge in [0.2, 0.25) is 0 Å². The first kappa shape index (κ1) is 15.8. The third-order valence-corrected chi connectivity index (χ3v) is 3.40. The first-order chi connectivity index (χ1) is 8.83. The molecule has 0 radical (unpaired) electrons. The van der Waals surface area contributed by atoms with Crippen molar-refractivity contribution >= 4 is 23.4 Å². The third-order valence-electron chi connectivity index (χ3n) is 2.26. The first-order valence-corrected chi connectivity index (χ1v) is 6.44. The minimum absolute atomic E-state index is 0.352. The molecule has 0 saturated heterocycles. The van der Waals surface area contributed by atoms with Crippen LogP contribution in [0.2, 0.25) is 0 Å². The topological polar surface area (TPSA) is 38.3 Å². The number of para-hydroxylation sites is 1.